The predicted molar refractivity (Wildman–Crippen MR) is 36.5 cm³/mol. The van der Waals surface area contributed by atoms with Gasteiger partial charge in [0.2, 0.25) is 0 Å². The van der Waals surface area contributed by atoms with Gasteiger partial charge in [-0.25, -0.2) is 0 Å². The van der Waals surface area contributed by atoms with Crippen LogP contribution in [0.3, 0.4) is 0 Å². The van der Waals surface area contributed by atoms with Crippen molar-refractivity contribution in [3.8, 4) is 0 Å². The van der Waals surface area contributed by atoms with E-state index in [1.54, 1.807) is 0 Å². The van der Waals surface area contributed by atoms with Crippen LogP contribution in [-0.4, -0.2) is 49.3 Å². The molecule has 0 radical (unpaired) electrons. The molecule has 1 fully saturated rings. The van der Waals surface area contributed by atoms with Crippen molar-refractivity contribution in [1.29, 1.82) is 0 Å². The van der Waals surface area contributed by atoms with Gasteiger partial charge in [-0.3, -0.25) is 9.59 Å². The predicted octanol–water partition coefficient (Wildman–Crippen LogP) is 0.543. The van der Waals surface area contributed by atoms with Gasteiger partial charge >= 0.3 is 37.7 Å². The minimum atomic E-state index is -0.170. The van der Waals surface area contributed by atoms with Crippen LogP contribution in [0.5, 0.6) is 0 Å². The fourth-order valence-corrected chi connectivity index (χ4v) is 0.850. The third-order valence-electron chi connectivity index (χ3n) is 1.37. The molecule has 0 aromatic heterocycles. The number of hydrogen-bond donors (Lipinski definition) is 0. The van der Waals surface area contributed by atoms with Crippen LogP contribution >= 0.6 is 0 Å². The molecule has 0 heterocycles. The summed E-state index contributed by atoms with van der Waals surface area (Å²) in [5.41, 5.74) is 0. The average Bonchev–Trinajstić information content (AvgIpc) is 1.77. The first-order valence-corrected chi connectivity index (χ1v) is 2.87. The summed E-state index contributed by atoms with van der Waals surface area (Å²) >= 11 is 0. The van der Waals surface area contributed by atoms with Crippen LogP contribution in [0, 0.1) is 0 Å². The molecule has 0 N–H and O–H groups in total. The van der Waals surface area contributed by atoms with E-state index in [0.717, 1.165) is 12.8 Å². The Balaban J connectivity index is -0.000000213. The largest absolute Gasteiger partial charge is 2.00 e. The van der Waals surface area contributed by atoms with E-state index in [2.05, 4.69) is 0 Å². The molecule has 2 nitrogen and oxygen atoms in total. The van der Waals surface area contributed by atoms with Crippen LogP contribution in [0.1, 0.15) is 28.5 Å². The van der Waals surface area contributed by atoms with E-state index in [-0.39, 0.29) is 52.2 Å². The van der Waals surface area contributed by atoms with Crippen LogP contribution in [0.2, 0.25) is 0 Å². The Morgan fingerprint density at radius 2 is 1.33 bits per heavy atom. The van der Waals surface area contributed by atoms with E-state index >= 15 is 0 Å². The van der Waals surface area contributed by atoms with Gasteiger partial charge in [-0.2, -0.15) is 0 Å². The maximum absolute atomic E-state index is 10.4. The van der Waals surface area contributed by atoms with E-state index in [1.165, 1.54) is 0 Å². The van der Waals surface area contributed by atoms with E-state index in [9.17, 15) is 9.59 Å². The summed E-state index contributed by atoms with van der Waals surface area (Å²) in [6.45, 7) is 0. The van der Waals surface area contributed by atoms with Crippen molar-refractivity contribution < 1.29 is 12.4 Å². The van der Waals surface area contributed by atoms with Gasteiger partial charge in [0.05, 0.1) is 0 Å². The summed E-state index contributed by atoms with van der Waals surface area (Å²) in [6, 6.07) is 0. The third kappa shape index (κ3) is 2.78. The van der Waals surface area contributed by atoms with Gasteiger partial charge in [0.1, 0.15) is 0 Å². The minimum Gasteiger partial charge on any atom is -1.00 e. The summed E-state index contributed by atoms with van der Waals surface area (Å²) in [7, 11) is 0. The van der Waals surface area contributed by atoms with Crippen LogP contribution < -0.4 is 0 Å². The first kappa shape index (κ1) is 9.60. The van der Waals surface area contributed by atoms with Crippen LogP contribution in [-0.2, 0) is 9.59 Å². The topological polar surface area (TPSA) is 34.1 Å². The normalized spacial score (nSPS) is 19.1. The quantitative estimate of drug-likeness (QED) is 0.377. The van der Waals surface area contributed by atoms with Gasteiger partial charge in [0.25, 0.3) is 0 Å². The van der Waals surface area contributed by atoms with Crippen molar-refractivity contribution in [2.75, 3.05) is 0 Å². The third-order valence-corrected chi connectivity index (χ3v) is 1.37. The Kier molecular flexibility index (Phi) is 4.72. The first-order chi connectivity index (χ1) is 3.80. The molecule has 0 amide bonds. The molecule has 1 rings (SSSR count). The Labute approximate surface area is 87.0 Å². The average molecular weight is 154 g/mol. The molecule has 1 aliphatic rings. The Bertz CT molecular complexity index is 123. The Morgan fingerprint density at radius 3 is 1.56 bits per heavy atom. The van der Waals surface area contributed by atoms with Crippen LogP contribution in [0.25, 0.3) is 0 Å². The molecule has 0 saturated heterocycles. The van der Waals surface area contributed by atoms with Gasteiger partial charge in [-0.1, -0.05) is 0 Å². The second-order valence-electron chi connectivity index (χ2n) is 2.05. The molecule has 1 aliphatic carbocycles. The fourth-order valence-electron chi connectivity index (χ4n) is 0.850. The maximum Gasteiger partial charge on any atom is 2.00 e. The number of rotatable bonds is 0. The Hall–Kier alpha value is 0.600. The number of Topliss-reactive ketones (excluding diaryl/α,β-unsaturated/α-hetero) is 2. The van der Waals surface area contributed by atoms with E-state index in [1.807, 2.05) is 0 Å². The zero-order valence-corrected chi connectivity index (χ0v) is 7.56. The van der Waals surface area contributed by atoms with Gasteiger partial charge in [-0.05, 0) is 12.8 Å². The monoisotopic (exact) mass is 154 g/mol. The number of hydrogen-bond acceptors (Lipinski definition) is 2. The van der Waals surface area contributed by atoms with Crippen molar-refractivity contribution >= 4 is 49.3 Å². The van der Waals surface area contributed by atoms with E-state index in [0.29, 0.717) is 12.8 Å². The molecule has 0 aromatic rings. The molecule has 0 atom stereocenters. The number of ketones is 2. The molecule has 0 spiro atoms. The zero-order valence-electron chi connectivity index (χ0n) is 7.35. The molecule has 3 heteroatoms. The van der Waals surface area contributed by atoms with E-state index < -0.39 is 0 Å². The smallest absolute Gasteiger partial charge is 1.00 e. The summed E-state index contributed by atoms with van der Waals surface area (Å²) in [5, 5.41) is 0. The molecule has 0 aromatic carbocycles. The van der Waals surface area contributed by atoms with Gasteiger partial charge in [-0.15, -0.1) is 0 Å². The molecular weight excluding hydrogens is 144 g/mol. The van der Waals surface area contributed by atoms with Crippen molar-refractivity contribution in [3.63, 3.8) is 0 Å². The first-order valence-electron chi connectivity index (χ1n) is 2.87. The SMILES string of the molecule is O=C1CCCCC1=O.[Ca+2].[H-].[H-]. The summed E-state index contributed by atoms with van der Waals surface area (Å²) in [6.07, 6.45) is 2.78. The molecule has 48 valence electrons. The molecule has 0 aliphatic heterocycles. The van der Waals surface area contributed by atoms with Crippen molar-refractivity contribution in [2.24, 2.45) is 0 Å². The van der Waals surface area contributed by atoms with E-state index in [4.69, 9.17) is 0 Å². The van der Waals surface area contributed by atoms with Gasteiger partial charge in [0.15, 0.2) is 11.6 Å². The second kappa shape index (κ2) is 4.42. The molecule has 1 saturated carbocycles. The summed E-state index contributed by atoms with van der Waals surface area (Å²) in [4.78, 5) is 20.9. The molecular formula is C6H10CaO2. The minimum absolute atomic E-state index is 0. The summed E-state index contributed by atoms with van der Waals surface area (Å²) < 4.78 is 0. The number of carbonyl (C=O) groups excluding carboxylic acids is 2. The fraction of sp³-hybridized carbons (Fsp3) is 0.667. The van der Waals surface area contributed by atoms with Crippen molar-refractivity contribution in [1.82, 2.24) is 0 Å². The van der Waals surface area contributed by atoms with Crippen molar-refractivity contribution in [2.45, 2.75) is 25.7 Å². The Morgan fingerprint density at radius 1 is 1.00 bits per heavy atom. The summed E-state index contributed by atoms with van der Waals surface area (Å²) in [5.74, 6) is -0.340. The van der Waals surface area contributed by atoms with Gasteiger partial charge in [0, 0.05) is 12.8 Å². The maximum atomic E-state index is 10.4. The molecule has 0 bridgehead atoms. The van der Waals surface area contributed by atoms with Crippen LogP contribution in [0.15, 0.2) is 0 Å². The second-order valence-corrected chi connectivity index (χ2v) is 2.05. The standard InChI is InChI=1S/C6H8O2.Ca.2H/c7-5-3-1-2-4-6(5)8;;;/h1-4H2;;;/q;+2;2*-1. The van der Waals surface area contributed by atoms with Crippen LogP contribution in [0.4, 0.5) is 0 Å². The molecule has 9 heavy (non-hydrogen) atoms. The molecule has 0 unspecified atom stereocenters. The van der Waals surface area contributed by atoms with Gasteiger partial charge < -0.3 is 2.85 Å². The number of carbonyl (C=O) groups is 2. The zero-order chi connectivity index (χ0) is 5.98. The van der Waals surface area contributed by atoms with Crippen molar-refractivity contribution in [3.05, 3.63) is 0 Å².